The average Bonchev–Trinajstić information content (AvgIpc) is 4.02. The molecule has 0 saturated heterocycles. The number of furan rings is 2. The van der Waals surface area contributed by atoms with Crippen molar-refractivity contribution >= 4 is 93.5 Å². The summed E-state index contributed by atoms with van der Waals surface area (Å²) in [5.41, 5.74) is 14.4. The smallest absolute Gasteiger partial charge is 0.143 e. The summed E-state index contributed by atoms with van der Waals surface area (Å²) in [6.07, 6.45) is 0. The molecule has 0 radical (unpaired) electrons. The molecule has 0 spiro atoms. The Morgan fingerprint density at radius 3 is 1.95 bits per heavy atom. The predicted octanol–water partition coefficient (Wildman–Crippen LogP) is 16.5. The lowest BCUT2D eigenvalue weighted by molar-refractivity contribution is 0.670. The van der Waals surface area contributed by atoms with E-state index in [1.54, 1.807) is 0 Å². The van der Waals surface area contributed by atoms with Gasteiger partial charge in [0.2, 0.25) is 0 Å². The normalized spacial score (nSPS) is 11.9. The molecule has 0 atom stereocenters. The molecule has 0 saturated carbocycles. The van der Waals surface area contributed by atoms with Gasteiger partial charge in [0.1, 0.15) is 22.3 Å². The van der Waals surface area contributed by atoms with Gasteiger partial charge in [-0.1, -0.05) is 146 Å². The van der Waals surface area contributed by atoms with Crippen molar-refractivity contribution < 1.29 is 8.83 Å². The second-order valence-corrected chi connectivity index (χ2v) is 16.0. The molecule has 4 heteroatoms. The molecule has 0 bridgehead atoms. The third-order valence-corrected chi connectivity index (χ3v) is 12.6. The summed E-state index contributed by atoms with van der Waals surface area (Å²) in [6, 6.07) is 77.9. The fourth-order valence-corrected chi connectivity index (χ4v) is 9.82. The maximum absolute atomic E-state index is 6.79. The molecule has 3 heterocycles. The van der Waals surface area contributed by atoms with Crippen LogP contribution in [0.15, 0.2) is 227 Å². The molecule has 0 fully saturated rings. The van der Waals surface area contributed by atoms with E-state index in [2.05, 4.69) is 216 Å². The van der Waals surface area contributed by atoms with Crippen molar-refractivity contribution in [3.8, 4) is 27.9 Å². The minimum Gasteiger partial charge on any atom is -0.455 e. The number of rotatable bonds is 6. The van der Waals surface area contributed by atoms with Crippen LogP contribution < -0.4 is 4.90 Å². The van der Waals surface area contributed by atoms with E-state index < -0.39 is 0 Å². The lowest BCUT2D eigenvalue weighted by Crippen LogP contribution is -2.11. The predicted molar refractivity (Wildman–Crippen MR) is 258 cm³/mol. The van der Waals surface area contributed by atoms with Crippen LogP contribution >= 0.6 is 0 Å². The summed E-state index contributed by atoms with van der Waals surface area (Å²) in [7, 11) is 0. The van der Waals surface area contributed by atoms with Crippen LogP contribution in [0.1, 0.15) is 0 Å². The molecule has 3 aromatic heterocycles. The first-order valence-corrected chi connectivity index (χ1v) is 21.1. The van der Waals surface area contributed by atoms with Gasteiger partial charge in [-0.15, -0.1) is 0 Å². The van der Waals surface area contributed by atoms with Crippen molar-refractivity contribution in [1.82, 2.24) is 4.57 Å². The zero-order valence-corrected chi connectivity index (χ0v) is 33.5. The summed E-state index contributed by atoms with van der Waals surface area (Å²) in [5, 5.41) is 9.04. The minimum atomic E-state index is 0.840. The molecule has 0 amide bonds. The number of hydrogen-bond acceptors (Lipinski definition) is 3. The number of hydrogen-bond donors (Lipinski definition) is 0. The van der Waals surface area contributed by atoms with Crippen LogP contribution in [-0.2, 0) is 0 Å². The SMILES string of the molecule is c1ccc(-n2c3ccccc3c3cc(-c4cccc(N(c5ccccc5-c5cccc6c5oc5ccccc56)c5cccc6oc7c8ccccc8ccc7c56)c4)ccc32)cc1. The third-order valence-electron chi connectivity index (χ3n) is 12.6. The van der Waals surface area contributed by atoms with Crippen LogP contribution in [0.4, 0.5) is 17.1 Å². The molecule has 13 aromatic rings. The molecular formula is C58H36N2O2. The molecule has 10 aromatic carbocycles. The van der Waals surface area contributed by atoms with Crippen molar-refractivity contribution in [2.45, 2.75) is 0 Å². The monoisotopic (exact) mass is 792 g/mol. The topological polar surface area (TPSA) is 34.5 Å². The van der Waals surface area contributed by atoms with Gasteiger partial charge < -0.3 is 18.3 Å². The highest BCUT2D eigenvalue weighted by molar-refractivity contribution is 6.20. The van der Waals surface area contributed by atoms with Gasteiger partial charge >= 0.3 is 0 Å². The van der Waals surface area contributed by atoms with Crippen LogP contribution in [0.2, 0.25) is 0 Å². The van der Waals surface area contributed by atoms with E-state index in [9.17, 15) is 0 Å². The highest BCUT2D eigenvalue weighted by Gasteiger charge is 2.24. The van der Waals surface area contributed by atoms with Gasteiger partial charge in [0, 0.05) is 54.8 Å². The fourth-order valence-electron chi connectivity index (χ4n) is 9.82. The van der Waals surface area contributed by atoms with Crippen molar-refractivity contribution in [3.05, 3.63) is 218 Å². The van der Waals surface area contributed by atoms with E-state index in [4.69, 9.17) is 8.83 Å². The first-order valence-electron chi connectivity index (χ1n) is 21.1. The number of nitrogens with zero attached hydrogens (tertiary/aromatic N) is 2. The molecule has 0 aliphatic rings. The molecule has 62 heavy (non-hydrogen) atoms. The summed E-state index contributed by atoms with van der Waals surface area (Å²) in [5.74, 6) is 0. The highest BCUT2D eigenvalue weighted by Crippen LogP contribution is 2.49. The maximum Gasteiger partial charge on any atom is 0.143 e. The van der Waals surface area contributed by atoms with Crippen molar-refractivity contribution in [1.29, 1.82) is 0 Å². The van der Waals surface area contributed by atoms with Gasteiger partial charge in [-0.25, -0.2) is 0 Å². The van der Waals surface area contributed by atoms with Crippen LogP contribution in [-0.4, -0.2) is 4.57 Å². The highest BCUT2D eigenvalue weighted by atomic mass is 16.3. The van der Waals surface area contributed by atoms with Gasteiger partial charge in [-0.2, -0.15) is 0 Å². The molecule has 290 valence electrons. The molecule has 4 nitrogen and oxygen atoms in total. The first kappa shape index (κ1) is 34.5. The van der Waals surface area contributed by atoms with Gasteiger partial charge in [0.15, 0.2) is 0 Å². The largest absolute Gasteiger partial charge is 0.455 e. The number of fused-ring (bicyclic) bond motifs is 11. The van der Waals surface area contributed by atoms with Crippen molar-refractivity contribution in [2.24, 2.45) is 0 Å². The lowest BCUT2D eigenvalue weighted by atomic mass is 9.97. The average molecular weight is 793 g/mol. The van der Waals surface area contributed by atoms with Gasteiger partial charge in [-0.3, -0.25) is 0 Å². The van der Waals surface area contributed by atoms with Crippen LogP contribution in [0.5, 0.6) is 0 Å². The zero-order chi connectivity index (χ0) is 40.7. The maximum atomic E-state index is 6.79. The summed E-state index contributed by atoms with van der Waals surface area (Å²) < 4.78 is 15.8. The molecule has 0 aliphatic heterocycles. The Bertz CT molecular complexity index is 3890. The van der Waals surface area contributed by atoms with Gasteiger partial charge in [-0.05, 0) is 89.3 Å². The second kappa shape index (κ2) is 13.6. The summed E-state index contributed by atoms with van der Waals surface area (Å²) in [4.78, 5) is 2.41. The Balaban J connectivity index is 1.06. The van der Waals surface area contributed by atoms with E-state index in [0.717, 1.165) is 99.7 Å². The van der Waals surface area contributed by atoms with Crippen molar-refractivity contribution in [2.75, 3.05) is 4.90 Å². The van der Waals surface area contributed by atoms with E-state index in [1.165, 1.54) is 21.8 Å². The fraction of sp³-hybridized carbons (Fsp3) is 0. The zero-order valence-electron chi connectivity index (χ0n) is 33.5. The van der Waals surface area contributed by atoms with Gasteiger partial charge in [0.25, 0.3) is 0 Å². The van der Waals surface area contributed by atoms with E-state index >= 15 is 0 Å². The number of aromatic nitrogens is 1. The van der Waals surface area contributed by atoms with Crippen LogP contribution in [0, 0.1) is 0 Å². The molecule has 13 rings (SSSR count). The molecule has 0 aliphatic carbocycles. The van der Waals surface area contributed by atoms with Crippen LogP contribution in [0.25, 0.3) is 104 Å². The van der Waals surface area contributed by atoms with Crippen LogP contribution in [0.3, 0.4) is 0 Å². The molecule has 0 N–H and O–H groups in total. The Kier molecular flexibility index (Phi) is 7.57. The van der Waals surface area contributed by atoms with E-state index in [0.29, 0.717) is 0 Å². The third kappa shape index (κ3) is 5.20. The minimum absolute atomic E-state index is 0.840. The number of anilines is 3. The second-order valence-electron chi connectivity index (χ2n) is 16.0. The Hall–Kier alpha value is -8.34. The molecular weight excluding hydrogens is 757 g/mol. The quantitative estimate of drug-likeness (QED) is 0.168. The Morgan fingerprint density at radius 2 is 1.02 bits per heavy atom. The summed E-state index contributed by atoms with van der Waals surface area (Å²) >= 11 is 0. The number of benzene rings is 10. The van der Waals surface area contributed by atoms with Crippen molar-refractivity contribution in [3.63, 3.8) is 0 Å². The summed E-state index contributed by atoms with van der Waals surface area (Å²) in [6.45, 7) is 0. The molecule has 0 unspecified atom stereocenters. The van der Waals surface area contributed by atoms with E-state index in [-0.39, 0.29) is 0 Å². The standard InChI is InChI=1S/C58H36N2O2/c1-2-17-40(18-3-1)59-51-27-10-7-22-44(51)49-36-39(32-34-52(49)59)38-16-12-19-41(35-38)60(53-28-14-30-55-56(53)48-33-31-37-15-4-5-20-42(37)57(48)62-55)50-26-9-6-21-43(50)46-24-13-25-47-45-23-8-11-29-54(45)61-58(46)47/h1-36H. The van der Waals surface area contributed by atoms with E-state index in [1.807, 2.05) is 12.1 Å². The lowest BCUT2D eigenvalue weighted by Gasteiger charge is -2.29. The number of para-hydroxylation sites is 5. The van der Waals surface area contributed by atoms with Gasteiger partial charge in [0.05, 0.1) is 27.8 Å². The Morgan fingerprint density at radius 1 is 0.355 bits per heavy atom. The Labute approximate surface area is 356 Å². The first-order chi connectivity index (χ1) is 30.8.